The van der Waals surface area contributed by atoms with E-state index < -0.39 is 5.91 Å². The third-order valence-corrected chi connectivity index (χ3v) is 7.05. The average molecular weight is 628 g/mol. The van der Waals surface area contributed by atoms with Crippen molar-refractivity contribution in [3.63, 3.8) is 0 Å². The Hall–Kier alpha value is -3.96. The molecule has 0 bridgehead atoms. The molecule has 0 unspecified atom stereocenters. The second-order valence-electron chi connectivity index (χ2n) is 8.30. The highest BCUT2D eigenvalue weighted by Gasteiger charge is 2.35. The largest absolute Gasteiger partial charge is 0.493 e. The van der Waals surface area contributed by atoms with Crippen LogP contribution in [0.25, 0.3) is 6.08 Å². The summed E-state index contributed by atoms with van der Waals surface area (Å²) in [6.45, 7) is 2.15. The summed E-state index contributed by atoms with van der Waals surface area (Å²) in [5.74, 6) is 1.10. The van der Waals surface area contributed by atoms with Crippen LogP contribution in [0.1, 0.15) is 12.5 Å². The molecule has 4 rings (SSSR count). The van der Waals surface area contributed by atoms with E-state index in [2.05, 4.69) is 21.2 Å². The summed E-state index contributed by atoms with van der Waals surface area (Å²) >= 11 is 4.33. The molecule has 11 heteroatoms. The van der Waals surface area contributed by atoms with Crippen LogP contribution in [0.3, 0.4) is 0 Å². The molecular weight excluding hydrogens is 600 g/mol. The quantitative estimate of drug-likeness (QED) is 0.245. The molecule has 0 aromatic heterocycles. The van der Waals surface area contributed by atoms with Crippen LogP contribution in [0.15, 0.2) is 76.1 Å². The van der Waals surface area contributed by atoms with Gasteiger partial charge in [-0.05, 0) is 82.7 Å². The van der Waals surface area contributed by atoms with Crippen LogP contribution >= 0.6 is 27.7 Å². The number of nitrogens with one attached hydrogen (secondary N) is 1. The number of methoxy groups -OCH3 is 1. The molecule has 9 nitrogen and oxygen atoms in total. The van der Waals surface area contributed by atoms with E-state index in [1.54, 1.807) is 49.6 Å². The number of carbonyl (C=O) groups is 3. The third kappa shape index (κ3) is 7.36. The van der Waals surface area contributed by atoms with E-state index in [0.29, 0.717) is 45.3 Å². The maximum Gasteiger partial charge on any atom is 0.293 e. The molecule has 0 radical (unpaired) electrons. The van der Waals surface area contributed by atoms with Gasteiger partial charge in [0.1, 0.15) is 6.61 Å². The zero-order chi connectivity index (χ0) is 28.5. The zero-order valence-electron chi connectivity index (χ0n) is 21.8. The number of imide groups is 1. The summed E-state index contributed by atoms with van der Waals surface area (Å²) in [5.41, 5.74) is 1.28. The second kappa shape index (κ2) is 13.9. The summed E-state index contributed by atoms with van der Waals surface area (Å²) in [4.78, 5) is 39.3. The van der Waals surface area contributed by atoms with E-state index in [1.807, 2.05) is 37.3 Å². The number of rotatable bonds is 12. The predicted molar refractivity (Wildman–Crippen MR) is 157 cm³/mol. The van der Waals surface area contributed by atoms with Crippen molar-refractivity contribution < 1.29 is 33.3 Å². The molecule has 0 aliphatic carbocycles. The van der Waals surface area contributed by atoms with E-state index in [1.165, 1.54) is 0 Å². The Bertz CT molecular complexity index is 1410. The summed E-state index contributed by atoms with van der Waals surface area (Å²) in [7, 11) is 1.54. The smallest absolute Gasteiger partial charge is 0.293 e. The summed E-state index contributed by atoms with van der Waals surface area (Å²) in [5, 5.41) is 2.38. The maximum atomic E-state index is 13.0. The standard InChI is InChI=1S/C29H27BrN2O7S/c1-3-37-24-16-19(15-21(30)27(24)39-18-26(33)31-20-9-5-4-6-10-20)17-25-28(34)32(29(35)40-25)13-14-38-23-12-8-7-11-22(23)36-2/h4-12,15-17H,3,13-14,18H2,1-2H3,(H,31,33)/b25-17-. The fourth-order valence-electron chi connectivity index (χ4n) is 3.76. The Balaban J connectivity index is 1.42. The number of ether oxygens (including phenoxy) is 4. The molecule has 1 N–H and O–H groups in total. The van der Waals surface area contributed by atoms with Crippen molar-refractivity contribution >= 4 is 56.5 Å². The van der Waals surface area contributed by atoms with Gasteiger partial charge in [-0.3, -0.25) is 19.3 Å². The number of amides is 3. The molecule has 1 fully saturated rings. The number of hydrogen-bond donors (Lipinski definition) is 1. The lowest BCUT2D eigenvalue weighted by molar-refractivity contribution is -0.123. The summed E-state index contributed by atoms with van der Waals surface area (Å²) in [6, 6.07) is 19.6. The van der Waals surface area contributed by atoms with Gasteiger partial charge in [0.25, 0.3) is 17.1 Å². The van der Waals surface area contributed by atoms with Crippen LogP contribution in [0, 0.1) is 0 Å². The van der Waals surface area contributed by atoms with Crippen LogP contribution < -0.4 is 24.3 Å². The lowest BCUT2D eigenvalue weighted by Crippen LogP contribution is -2.32. The molecule has 1 heterocycles. The molecule has 3 aromatic rings. The predicted octanol–water partition coefficient (Wildman–Crippen LogP) is 5.99. The highest BCUT2D eigenvalue weighted by atomic mass is 79.9. The normalized spacial score (nSPS) is 13.9. The van der Waals surface area contributed by atoms with E-state index >= 15 is 0 Å². The highest BCUT2D eigenvalue weighted by Crippen LogP contribution is 2.39. The Labute approximate surface area is 244 Å². The van der Waals surface area contributed by atoms with Gasteiger partial charge in [0.15, 0.2) is 29.6 Å². The van der Waals surface area contributed by atoms with Crippen molar-refractivity contribution in [2.24, 2.45) is 0 Å². The molecule has 3 aromatic carbocycles. The van der Waals surface area contributed by atoms with E-state index in [9.17, 15) is 14.4 Å². The number of benzene rings is 3. The van der Waals surface area contributed by atoms with Crippen LogP contribution in [0.5, 0.6) is 23.0 Å². The number of para-hydroxylation sites is 3. The fraction of sp³-hybridized carbons (Fsp3) is 0.207. The van der Waals surface area contributed by atoms with Crippen molar-refractivity contribution in [3.05, 3.63) is 81.7 Å². The number of hydrogen-bond acceptors (Lipinski definition) is 8. The fourth-order valence-corrected chi connectivity index (χ4v) is 5.20. The molecule has 1 aliphatic heterocycles. The van der Waals surface area contributed by atoms with Gasteiger partial charge in [0.2, 0.25) is 0 Å². The zero-order valence-corrected chi connectivity index (χ0v) is 24.3. The van der Waals surface area contributed by atoms with Gasteiger partial charge in [-0.1, -0.05) is 30.3 Å². The van der Waals surface area contributed by atoms with Crippen molar-refractivity contribution in [2.75, 3.05) is 38.8 Å². The van der Waals surface area contributed by atoms with E-state index in [-0.39, 0.29) is 35.8 Å². The maximum absolute atomic E-state index is 13.0. The number of nitrogens with zero attached hydrogens (tertiary/aromatic N) is 1. The van der Waals surface area contributed by atoms with Crippen LogP contribution in [-0.2, 0) is 9.59 Å². The van der Waals surface area contributed by atoms with Crippen molar-refractivity contribution in [1.82, 2.24) is 4.90 Å². The van der Waals surface area contributed by atoms with Crippen molar-refractivity contribution in [2.45, 2.75) is 6.92 Å². The minimum absolute atomic E-state index is 0.0891. The molecule has 1 saturated heterocycles. The SMILES string of the molecule is CCOc1cc(/C=C2\SC(=O)N(CCOc3ccccc3OC)C2=O)cc(Br)c1OCC(=O)Nc1ccccc1. The van der Waals surface area contributed by atoms with Gasteiger partial charge in [0.05, 0.1) is 29.6 Å². The molecular formula is C29H27BrN2O7S. The first-order valence-corrected chi connectivity index (χ1v) is 14.0. The lowest BCUT2D eigenvalue weighted by atomic mass is 10.2. The van der Waals surface area contributed by atoms with Gasteiger partial charge in [0, 0.05) is 5.69 Å². The molecule has 0 atom stereocenters. The van der Waals surface area contributed by atoms with Gasteiger partial charge in [-0.25, -0.2) is 0 Å². The van der Waals surface area contributed by atoms with Crippen LogP contribution in [-0.4, -0.2) is 55.4 Å². The van der Waals surface area contributed by atoms with Gasteiger partial charge in [-0.2, -0.15) is 0 Å². The Kier molecular flexibility index (Phi) is 10.1. The first-order valence-electron chi connectivity index (χ1n) is 12.3. The number of anilines is 1. The summed E-state index contributed by atoms with van der Waals surface area (Å²) in [6.07, 6.45) is 1.62. The Morgan fingerprint density at radius 2 is 1.70 bits per heavy atom. The molecule has 3 amide bonds. The number of thioether (sulfide) groups is 1. The number of halogens is 1. The van der Waals surface area contributed by atoms with Crippen molar-refractivity contribution in [1.29, 1.82) is 0 Å². The average Bonchev–Trinajstić information content (AvgIpc) is 3.20. The first kappa shape index (κ1) is 29.0. The molecule has 208 valence electrons. The van der Waals surface area contributed by atoms with Gasteiger partial charge in [-0.15, -0.1) is 0 Å². The van der Waals surface area contributed by atoms with E-state index in [0.717, 1.165) is 16.7 Å². The Morgan fingerprint density at radius 1 is 0.975 bits per heavy atom. The van der Waals surface area contributed by atoms with Crippen molar-refractivity contribution in [3.8, 4) is 23.0 Å². The van der Waals surface area contributed by atoms with Crippen LogP contribution in [0.2, 0.25) is 0 Å². The van der Waals surface area contributed by atoms with Crippen LogP contribution in [0.4, 0.5) is 10.5 Å². The molecule has 0 saturated carbocycles. The highest BCUT2D eigenvalue weighted by molar-refractivity contribution is 9.10. The van der Waals surface area contributed by atoms with E-state index in [4.69, 9.17) is 18.9 Å². The number of carbonyl (C=O) groups excluding carboxylic acids is 3. The van der Waals surface area contributed by atoms with Gasteiger partial charge < -0.3 is 24.3 Å². The molecule has 1 aliphatic rings. The lowest BCUT2D eigenvalue weighted by Gasteiger charge is -2.15. The van der Waals surface area contributed by atoms with Gasteiger partial charge >= 0.3 is 0 Å². The third-order valence-electron chi connectivity index (χ3n) is 5.55. The summed E-state index contributed by atoms with van der Waals surface area (Å²) < 4.78 is 23.0. The topological polar surface area (TPSA) is 103 Å². The minimum Gasteiger partial charge on any atom is -0.493 e. The minimum atomic E-state index is -0.411. The first-order chi connectivity index (χ1) is 19.4. The monoisotopic (exact) mass is 626 g/mol. The molecule has 0 spiro atoms. The molecule has 40 heavy (non-hydrogen) atoms. The Morgan fingerprint density at radius 3 is 2.42 bits per heavy atom. The second-order valence-corrected chi connectivity index (χ2v) is 10.1.